The van der Waals surface area contributed by atoms with E-state index in [4.69, 9.17) is 9.47 Å². The van der Waals surface area contributed by atoms with E-state index in [0.717, 1.165) is 25.7 Å². The Kier molecular flexibility index (Phi) is 10.7. The summed E-state index contributed by atoms with van der Waals surface area (Å²) in [5, 5.41) is 0. The molecule has 0 saturated carbocycles. The Labute approximate surface area is 104 Å². The Balaban J connectivity index is 3.28. The summed E-state index contributed by atoms with van der Waals surface area (Å²) in [6, 6.07) is 0. The second-order valence-corrected chi connectivity index (χ2v) is 4.00. The molecule has 0 bridgehead atoms. The van der Waals surface area contributed by atoms with Crippen molar-refractivity contribution in [2.45, 2.75) is 58.8 Å². The van der Waals surface area contributed by atoms with Crippen molar-refractivity contribution in [3.8, 4) is 0 Å². The normalized spacial score (nSPS) is 10.0. The van der Waals surface area contributed by atoms with Crippen LogP contribution in [0.5, 0.6) is 0 Å². The van der Waals surface area contributed by atoms with Crippen molar-refractivity contribution in [3.63, 3.8) is 0 Å². The van der Waals surface area contributed by atoms with Gasteiger partial charge in [-0.2, -0.15) is 0 Å². The van der Waals surface area contributed by atoms with Crippen LogP contribution in [0.15, 0.2) is 0 Å². The minimum Gasteiger partial charge on any atom is -0.466 e. The molecule has 4 nitrogen and oxygen atoms in total. The van der Waals surface area contributed by atoms with Gasteiger partial charge in [0.05, 0.1) is 13.2 Å². The van der Waals surface area contributed by atoms with Crippen LogP contribution in [0.4, 0.5) is 0 Å². The first kappa shape index (κ1) is 15.9. The maximum Gasteiger partial charge on any atom is 0.305 e. The van der Waals surface area contributed by atoms with Gasteiger partial charge in [-0.05, 0) is 12.8 Å². The van der Waals surface area contributed by atoms with Crippen LogP contribution in [-0.4, -0.2) is 25.2 Å². The third kappa shape index (κ3) is 11.2. The molecule has 0 saturated heterocycles. The summed E-state index contributed by atoms with van der Waals surface area (Å²) in [5.41, 5.74) is 0. The molecule has 4 heteroatoms. The van der Waals surface area contributed by atoms with Gasteiger partial charge in [0.25, 0.3) is 0 Å². The van der Waals surface area contributed by atoms with Crippen LogP contribution in [0, 0.1) is 0 Å². The Hall–Kier alpha value is -1.06. The fourth-order valence-corrected chi connectivity index (χ4v) is 1.22. The lowest BCUT2D eigenvalue weighted by Gasteiger charge is -2.05. The van der Waals surface area contributed by atoms with E-state index in [-0.39, 0.29) is 11.9 Å². The number of hydrogen-bond acceptors (Lipinski definition) is 4. The average molecular weight is 244 g/mol. The molecule has 0 spiro atoms. The summed E-state index contributed by atoms with van der Waals surface area (Å²) < 4.78 is 9.95. The van der Waals surface area contributed by atoms with E-state index in [1.165, 1.54) is 0 Å². The third-order valence-corrected chi connectivity index (χ3v) is 2.28. The molecule has 100 valence electrons. The second-order valence-electron chi connectivity index (χ2n) is 4.00. The monoisotopic (exact) mass is 244 g/mol. The highest BCUT2D eigenvalue weighted by Crippen LogP contribution is 1.99. The van der Waals surface area contributed by atoms with Gasteiger partial charge in [0.15, 0.2) is 0 Å². The molecule has 0 fully saturated rings. The molecular formula is C13H24O4. The van der Waals surface area contributed by atoms with E-state index in [1.807, 2.05) is 13.8 Å². The summed E-state index contributed by atoms with van der Waals surface area (Å²) in [6.45, 7) is 4.74. The number of unbranched alkanes of at least 4 members (excludes halogenated alkanes) is 2. The highest BCUT2D eigenvalue weighted by Gasteiger charge is 2.03. The molecule has 0 aliphatic carbocycles. The lowest BCUT2D eigenvalue weighted by molar-refractivity contribution is -0.146. The van der Waals surface area contributed by atoms with E-state index < -0.39 is 0 Å². The fraction of sp³-hybridized carbons (Fsp3) is 0.846. The number of esters is 2. The lowest BCUT2D eigenvalue weighted by Crippen LogP contribution is -2.10. The average Bonchev–Trinajstić information content (AvgIpc) is 2.33. The minimum atomic E-state index is -0.163. The van der Waals surface area contributed by atoms with Crippen LogP contribution >= 0.6 is 0 Å². The maximum absolute atomic E-state index is 11.1. The summed E-state index contributed by atoms with van der Waals surface area (Å²) in [7, 11) is 0. The number of ether oxygens (including phenoxy) is 2. The first-order valence-corrected chi connectivity index (χ1v) is 6.52. The molecule has 0 aliphatic heterocycles. The smallest absolute Gasteiger partial charge is 0.305 e. The summed E-state index contributed by atoms with van der Waals surface area (Å²) in [5.74, 6) is -0.326. The van der Waals surface area contributed by atoms with Crippen molar-refractivity contribution < 1.29 is 19.1 Å². The van der Waals surface area contributed by atoms with Gasteiger partial charge in [0.2, 0.25) is 0 Å². The molecule has 0 radical (unpaired) electrons. The van der Waals surface area contributed by atoms with Gasteiger partial charge in [-0.3, -0.25) is 9.59 Å². The molecule has 0 heterocycles. The van der Waals surface area contributed by atoms with Crippen molar-refractivity contribution in [2.75, 3.05) is 13.2 Å². The first-order chi connectivity index (χ1) is 8.20. The van der Waals surface area contributed by atoms with Crippen LogP contribution in [0.2, 0.25) is 0 Å². The van der Waals surface area contributed by atoms with Crippen LogP contribution in [0.25, 0.3) is 0 Å². The fourth-order valence-electron chi connectivity index (χ4n) is 1.22. The van der Waals surface area contributed by atoms with Crippen LogP contribution in [0.1, 0.15) is 58.8 Å². The molecule has 0 amide bonds. The van der Waals surface area contributed by atoms with Crippen molar-refractivity contribution in [1.29, 1.82) is 0 Å². The standard InChI is InChI=1S/C13H24O4/c1-3-5-8-12(14)16-10-7-11-17-13(15)9-6-4-2/h3-11H2,1-2H3. The maximum atomic E-state index is 11.1. The SMILES string of the molecule is CCCCC(=O)OCCCOC(=O)CCCC. The van der Waals surface area contributed by atoms with E-state index in [1.54, 1.807) is 0 Å². The molecule has 0 rings (SSSR count). The molecule has 0 atom stereocenters. The zero-order chi connectivity index (χ0) is 12.9. The first-order valence-electron chi connectivity index (χ1n) is 6.52. The molecule has 17 heavy (non-hydrogen) atoms. The Bertz CT molecular complexity index is 191. The van der Waals surface area contributed by atoms with Gasteiger partial charge in [-0.15, -0.1) is 0 Å². The largest absolute Gasteiger partial charge is 0.466 e. The Morgan fingerprint density at radius 3 is 1.53 bits per heavy atom. The zero-order valence-electron chi connectivity index (χ0n) is 11.0. The summed E-state index contributed by atoms with van der Waals surface area (Å²) in [6.07, 6.45) is 5.25. The van der Waals surface area contributed by atoms with Crippen LogP contribution < -0.4 is 0 Å². The van der Waals surface area contributed by atoms with Gasteiger partial charge >= 0.3 is 11.9 Å². The van der Waals surface area contributed by atoms with E-state index in [9.17, 15) is 9.59 Å². The van der Waals surface area contributed by atoms with E-state index >= 15 is 0 Å². The van der Waals surface area contributed by atoms with Gasteiger partial charge in [-0.25, -0.2) is 0 Å². The minimum absolute atomic E-state index is 0.163. The molecule has 0 unspecified atom stereocenters. The predicted molar refractivity (Wildman–Crippen MR) is 65.6 cm³/mol. The quantitative estimate of drug-likeness (QED) is 0.438. The highest BCUT2D eigenvalue weighted by molar-refractivity contribution is 5.69. The molecular weight excluding hydrogens is 220 g/mol. The lowest BCUT2D eigenvalue weighted by atomic mass is 10.2. The molecule has 0 aromatic carbocycles. The molecule has 0 N–H and O–H groups in total. The van der Waals surface area contributed by atoms with Gasteiger partial charge < -0.3 is 9.47 Å². The third-order valence-electron chi connectivity index (χ3n) is 2.28. The van der Waals surface area contributed by atoms with Crippen LogP contribution in [0.3, 0.4) is 0 Å². The molecule has 0 aromatic rings. The number of rotatable bonds is 10. The summed E-state index contributed by atoms with van der Waals surface area (Å²) in [4.78, 5) is 22.2. The van der Waals surface area contributed by atoms with E-state index in [2.05, 4.69) is 0 Å². The molecule has 0 aliphatic rings. The number of carbonyl (C=O) groups excluding carboxylic acids is 2. The number of hydrogen-bond donors (Lipinski definition) is 0. The van der Waals surface area contributed by atoms with Gasteiger partial charge in [0, 0.05) is 19.3 Å². The second kappa shape index (κ2) is 11.4. The van der Waals surface area contributed by atoms with Crippen LogP contribution in [-0.2, 0) is 19.1 Å². The Morgan fingerprint density at radius 1 is 0.765 bits per heavy atom. The molecule has 0 aromatic heterocycles. The van der Waals surface area contributed by atoms with Gasteiger partial charge in [-0.1, -0.05) is 26.7 Å². The van der Waals surface area contributed by atoms with Crippen molar-refractivity contribution in [1.82, 2.24) is 0 Å². The van der Waals surface area contributed by atoms with Gasteiger partial charge in [0.1, 0.15) is 0 Å². The Morgan fingerprint density at radius 2 is 1.18 bits per heavy atom. The number of carbonyl (C=O) groups is 2. The van der Waals surface area contributed by atoms with Crippen molar-refractivity contribution in [2.24, 2.45) is 0 Å². The van der Waals surface area contributed by atoms with Crippen molar-refractivity contribution in [3.05, 3.63) is 0 Å². The van der Waals surface area contributed by atoms with Crippen molar-refractivity contribution >= 4 is 11.9 Å². The van der Waals surface area contributed by atoms with E-state index in [0.29, 0.717) is 32.5 Å². The topological polar surface area (TPSA) is 52.6 Å². The summed E-state index contributed by atoms with van der Waals surface area (Å²) >= 11 is 0. The predicted octanol–water partition coefficient (Wildman–Crippen LogP) is 2.84. The zero-order valence-corrected chi connectivity index (χ0v) is 11.0. The highest BCUT2D eigenvalue weighted by atomic mass is 16.5.